The summed E-state index contributed by atoms with van der Waals surface area (Å²) in [5, 5.41) is 8.58. The van der Waals surface area contributed by atoms with Crippen LogP contribution in [0.2, 0.25) is 1.41 Å². The Morgan fingerprint density at radius 3 is 2.50 bits per heavy atom. The van der Waals surface area contributed by atoms with E-state index in [2.05, 4.69) is 5.73 Å². The zero-order valence-electron chi connectivity index (χ0n) is 8.53. The van der Waals surface area contributed by atoms with Gasteiger partial charge in [0.1, 0.15) is 6.04 Å². The van der Waals surface area contributed by atoms with Crippen molar-refractivity contribution in [1.82, 2.24) is 0 Å². The minimum Gasteiger partial charge on any atom is -0.480 e. The van der Waals surface area contributed by atoms with Crippen molar-refractivity contribution in [2.45, 2.75) is 12.5 Å². The number of anilines is 1. The maximum atomic E-state index is 10.5. The predicted octanol–water partition coefficient (Wildman–Crippen LogP) is -0.602. The van der Waals surface area contributed by atoms with Gasteiger partial charge >= 0.3 is 5.97 Å². The first-order valence-corrected chi connectivity index (χ1v) is 3.88. The molecule has 0 bridgehead atoms. The molecule has 5 heteroatoms. The van der Waals surface area contributed by atoms with Gasteiger partial charge in [-0.05, 0) is 24.1 Å². The van der Waals surface area contributed by atoms with E-state index in [1.165, 1.54) is 0 Å². The molecule has 0 saturated heterocycles. The number of nitrogen functional groups attached to an aromatic ring is 1. The monoisotopic (exact) mass is 199 g/mol. The van der Waals surface area contributed by atoms with Gasteiger partial charge in [0.15, 0.2) is 1.41 Å². The highest BCUT2D eigenvalue weighted by Gasteiger charge is 2.11. The van der Waals surface area contributed by atoms with Gasteiger partial charge in [-0.15, -0.1) is 0 Å². The largest absolute Gasteiger partial charge is 0.480 e. The Morgan fingerprint density at radius 2 is 2.07 bits per heavy atom. The Balaban J connectivity index is 0.00000196. The molecular weight excluding hydrogens is 184 g/mol. The number of nitrogens with two attached hydrogens (primary N) is 2. The summed E-state index contributed by atoms with van der Waals surface area (Å²) in [4.78, 5) is 10.5. The molecule has 0 radical (unpaired) electrons. The lowest BCUT2D eigenvalue weighted by Gasteiger charge is -2.05. The van der Waals surface area contributed by atoms with E-state index in [9.17, 15) is 4.79 Å². The van der Waals surface area contributed by atoms with Crippen molar-refractivity contribution in [2.75, 3.05) is 5.73 Å². The SMILES string of the molecule is O.[2H]Nc1ccc(C[C@H](N)C(=O)O)cc1. The van der Waals surface area contributed by atoms with Crippen molar-refractivity contribution >= 4 is 11.7 Å². The molecule has 0 unspecified atom stereocenters. The van der Waals surface area contributed by atoms with Gasteiger partial charge in [0.05, 0.1) is 0 Å². The fraction of sp³-hybridized carbons (Fsp3) is 0.222. The fourth-order valence-corrected chi connectivity index (χ4v) is 0.982. The molecule has 1 aromatic rings. The van der Waals surface area contributed by atoms with E-state index in [1.54, 1.807) is 24.3 Å². The first-order chi connectivity index (χ1) is 6.63. The van der Waals surface area contributed by atoms with Crippen molar-refractivity contribution < 1.29 is 16.8 Å². The molecule has 78 valence electrons. The Kier molecular flexibility index (Phi) is 3.90. The molecule has 1 aromatic carbocycles. The summed E-state index contributed by atoms with van der Waals surface area (Å²) in [6.45, 7) is 0. The highest BCUT2D eigenvalue weighted by atomic mass is 16.4. The zero-order valence-corrected chi connectivity index (χ0v) is 7.53. The number of benzene rings is 1. The minimum absolute atomic E-state index is 0. The van der Waals surface area contributed by atoms with Gasteiger partial charge < -0.3 is 22.0 Å². The van der Waals surface area contributed by atoms with E-state index in [0.717, 1.165) is 5.56 Å². The molecule has 1 rings (SSSR count). The summed E-state index contributed by atoms with van der Waals surface area (Å²) < 4.78 is 6.86. The average molecular weight is 199 g/mol. The van der Waals surface area contributed by atoms with Crippen molar-refractivity contribution in [3.05, 3.63) is 29.8 Å². The van der Waals surface area contributed by atoms with Gasteiger partial charge in [-0.2, -0.15) is 0 Å². The van der Waals surface area contributed by atoms with Crippen molar-refractivity contribution in [1.29, 1.82) is 0 Å². The van der Waals surface area contributed by atoms with Gasteiger partial charge in [-0.25, -0.2) is 0 Å². The number of hydrogen-bond acceptors (Lipinski definition) is 3. The lowest BCUT2D eigenvalue weighted by atomic mass is 10.1. The number of aliphatic carboxylic acids is 1. The smallest absolute Gasteiger partial charge is 0.320 e. The summed E-state index contributed by atoms with van der Waals surface area (Å²) >= 11 is 0. The molecular formula is C9H14N2O3. The van der Waals surface area contributed by atoms with Gasteiger partial charge in [-0.1, -0.05) is 12.1 Å². The molecule has 0 aliphatic carbocycles. The molecule has 14 heavy (non-hydrogen) atoms. The van der Waals surface area contributed by atoms with Gasteiger partial charge in [-0.3, -0.25) is 4.79 Å². The summed E-state index contributed by atoms with van der Waals surface area (Å²) in [5.41, 5.74) is 9.11. The van der Waals surface area contributed by atoms with Crippen molar-refractivity contribution in [2.24, 2.45) is 5.73 Å². The third-order valence-electron chi connectivity index (χ3n) is 1.73. The van der Waals surface area contributed by atoms with Gasteiger partial charge in [0.2, 0.25) is 0 Å². The molecule has 0 saturated carbocycles. The topological polar surface area (TPSA) is 121 Å². The number of carboxylic acids is 1. The van der Waals surface area contributed by atoms with Crippen LogP contribution in [-0.2, 0) is 11.2 Å². The lowest BCUT2D eigenvalue weighted by Crippen LogP contribution is -2.32. The predicted molar refractivity (Wildman–Crippen MR) is 53.8 cm³/mol. The normalized spacial score (nSPS) is 12.2. The minimum atomic E-state index is -1.01. The molecule has 7 N–H and O–H groups in total. The van der Waals surface area contributed by atoms with Crippen molar-refractivity contribution in [3.8, 4) is 0 Å². The second-order valence-corrected chi connectivity index (χ2v) is 2.85. The number of carbonyl (C=O) groups is 1. The Hall–Kier alpha value is -1.59. The number of carboxylic acid groups (broad SMARTS) is 1. The van der Waals surface area contributed by atoms with Crippen LogP contribution in [0.25, 0.3) is 0 Å². The first-order valence-electron chi connectivity index (χ1n) is 4.38. The maximum Gasteiger partial charge on any atom is 0.320 e. The molecule has 1 atom stereocenters. The zero-order chi connectivity index (χ0) is 10.6. The summed E-state index contributed by atoms with van der Waals surface area (Å²) in [6, 6.07) is 6.04. The van der Waals surface area contributed by atoms with Crippen LogP contribution in [0.1, 0.15) is 5.56 Å². The second-order valence-electron chi connectivity index (χ2n) is 2.85. The summed E-state index contributed by atoms with van der Waals surface area (Å²) in [5.74, 6) is -1.01. The van der Waals surface area contributed by atoms with Crippen LogP contribution in [0.4, 0.5) is 5.69 Å². The second kappa shape index (κ2) is 5.21. The summed E-state index contributed by atoms with van der Waals surface area (Å²) in [6.07, 6.45) is 0.299. The molecule has 0 aliphatic heterocycles. The quantitative estimate of drug-likeness (QED) is 0.560. The maximum absolute atomic E-state index is 10.5. The highest BCUT2D eigenvalue weighted by molar-refractivity contribution is 5.73. The lowest BCUT2D eigenvalue weighted by molar-refractivity contribution is -0.138. The van der Waals surface area contributed by atoms with E-state index < -0.39 is 12.0 Å². The van der Waals surface area contributed by atoms with E-state index in [1.807, 2.05) is 0 Å². The van der Waals surface area contributed by atoms with Gasteiger partial charge in [0, 0.05) is 5.69 Å². The van der Waals surface area contributed by atoms with Crippen LogP contribution in [0.3, 0.4) is 0 Å². The average Bonchev–Trinajstić information content (AvgIpc) is 2.19. The molecule has 5 nitrogen and oxygen atoms in total. The Bertz CT molecular complexity index is 316. The third-order valence-corrected chi connectivity index (χ3v) is 1.73. The van der Waals surface area contributed by atoms with Crippen LogP contribution in [0, 0.1) is 0 Å². The van der Waals surface area contributed by atoms with E-state index in [-0.39, 0.29) is 5.48 Å². The van der Waals surface area contributed by atoms with Crippen LogP contribution in [0.15, 0.2) is 24.3 Å². The van der Waals surface area contributed by atoms with Gasteiger partial charge in [0.25, 0.3) is 0 Å². The third kappa shape index (κ3) is 3.42. The van der Waals surface area contributed by atoms with Crippen molar-refractivity contribution in [3.63, 3.8) is 0 Å². The number of hydrogen-bond donors (Lipinski definition) is 3. The summed E-state index contributed by atoms with van der Waals surface area (Å²) in [7, 11) is 0. The van der Waals surface area contributed by atoms with E-state index in [4.69, 9.17) is 12.3 Å². The van der Waals surface area contributed by atoms with E-state index in [0.29, 0.717) is 12.1 Å². The van der Waals surface area contributed by atoms with Crippen LogP contribution < -0.4 is 11.5 Å². The Morgan fingerprint density at radius 1 is 1.50 bits per heavy atom. The fourth-order valence-electron chi connectivity index (χ4n) is 0.982. The molecule has 0 heterocycles. The molecule has 0 aliphatic rings. The number of rotatable bonds is 4. The first kappa shape index (κ1) is 10.5. The van der Waals surface area contributed by atoms with Crippen LogP contribution in [0.5, 0.6) is 0 Å². The molecule has 0 amide bonds. The Labute approximate surface area is 83.1 Å². The standard InChI is InChI=1S/C9H12N2O2.H2O/c10-7-3-1-6(2-4-7)5-8(11)9(12)13;/h1-4,8H,5,10-11H2,(H,12,13);1H2/t8-;/m0./s1/i/hD. The van der Waals surface area contributed by atoms with E-state index >= 15 is 0 Å². The molecule has 0 aromatic heterocycles. The highest BCUT2D eigenvalue weighted by Crippen LogP contribution is 2.07. The molecule has 0 fully saturated rings. The molecule has 0 spiro atoms. The van der Waals surface area contributed by atoms with Crippen LogP contribution in [-0.4, -0.2) is 22.6 Å². The van der Waals surface area contributed by atoms with Crippen LogP contribution >= 0.6 is 0 Å².